The third kappa shape index (κ3) is 7.66. The van der Waals surface area contributed by atoms with E-state index in [0.29, 0.717) is 5.92 Å². The monoisotopic (exact) mass is 445 g/mol. The zero-order chi connectivity index (χ0) is 23.4. The van der Waals surface area contributed by atoms with Crippen molar-refractivity contribution in [3.63, 3.8) is 0 Å². The quantitative estimate of drug-likeness (QED) is 0.289. The zero-order valence-corrected chi connectivity index (χ0v) is 21.0. The van der Waals surface area contributed by atoms with Gasteiger partial charge in [0.15, 0.2) is 0 Å². The fraction of sp³-hybridized carbons (Fsp3) is 0.633. The number of nitrogens with zero attached hydrogens (tertiary/aromatic N) is 3. The molecule has 0 saturated heterocycles. The highest BCUT2D eigenvalue weighted by Gasteiger charge is 2.36. The summed E-state index contributed by atoms with van der Waals surface area (Å²) in [6, 6.07) is 11.6. The van der Waals surface area contributed by atoms with Gasteiger partial charge in [-0.2, -0.15) is 5.26 Å². The van der Waals surface area contributed by atoms with Crippen LogP contribution in [0.1, 0.15) is 121 Å². The molecule has 1 aromatic carbocycles. The van der Waals surface area contributed by atoms with E-state index in [-0.39, 0.29) is 5.41 Å². The zero-order valence-electron chi connectivity index (χ0n) is 21.0. The van der Waals surface area contributed by atoms with Gasteiger partial charge in [0, 0.05) is 23.9 Å². The number of aryl methyl sites for hydroxylation is 1. The van der Waals surface area contributed by atoms with Crippen molar-refractivity contribution in [1.82, 2.24) is 9.97 Å². The minimum Gasteiger partial charge on any atom is -0.240 e. The van der Waals surface area contributed by atoms with E-state index in [1.165, 1.54) is 75.3 Å². The van der Waals surface area contributed by atoms with Crippen molar-refractivity contribution in [1.29, 1.82) is 5.26 Å². The molecule has 1 saturated carbocycles. The molecule has 0 atom stereocenters. The van der Waals surface area contributed by atoms with E-state index in [4.69, 9.17) is 9.97 Å². The molecular weight excluding hydrogens is 402 g/mol. The molecule has 0 bridgehead atoms. The average Bonchev–Trinajstić information content (AvgIpc) is 2.87. The van der Waals surface area contributed by atoms with E-state index in [1.54, 1.807) is 0 Å². The molecule has 0 unspecified atom stereocenters. The highest BCUT2D eigenvalue weighted by molar-refractivity contribution is 5.61. The maximum absolute atomic E-state index is 9.79. The van der Waals surface area contributed by atoms with Gasteiger partial charge in [-0.05, 0) is 56.1 Å². The van der Waals surface area contributed by atoms with Crippen LogP contribution in [0.2, 0.25) is 0 Å². The summed E-state index contributed by atoms with van der Waals surface area (Å²) in [7, 11) is 0. The molecule has 0 N–H and O–H groups in total. The van der Waals surface area contributed by atoms with Crippen molar-refractivity contribution in [2.75, 3.05) is 0 Å². The molecule has 3 heteroatoms. The van der Waals surface area contributed by atoms with Crippen LogP contribution in [0, 0.1) is 16.7 Å². The summed E-state index contributed by atoms with van der Waals surface area (Å²) in [6.45, 7) is 4.49. The van der Waals surface area contributed by atoms with Gasteiger partial charge in [0.25, 0.3) is 0 Å². The largest absolute Gasteiger partial charge is 0.240 e. The maximum atomic E-state index is 9.79. The number of aromatic nitrogens is 2. The van der Waals surface area contributed by atoms with Crippen LogP contribution < -0.4 is 0 Å². The van der Waals surface area contributed by atoms with Gasteiger partial charge in [-0.15, -0.1) is 0 Å². The summed E-state index contributed by atoms with van der Waals surface area (Å²) in [5.41, 5.74) is 3.60. The van der Waals surface area contributed by atoms with Crippen molar-refractivity contribution in [3.05, 3.63) is 48.0 Å². The molecule has 0 radical (unpaired) electrons. The van der Waals surface area contributed by atoms with Crippen LogP contribution >= 0.6 is 0 Å². The topological polar surface area (TPSA) is 49.6 Å². The molecule has 33 heavy (non-hydrogen) atoms. The predicted molar refractivity (Wildman–Crippen MR) is 138 cm³/mol. The molecule has 0 aliphatic heterocycles. The van der Waals surface area contributed by atoms with Crippen LogP contribution in [0.15, 0.2) is 36.7 Å². The average molecular weight is 446 g/mol. The van der Waals surface area contributed by atoms with Gasteiger partial charge in [-0.3, -0.25) is 0 Å². The summed E-state index contributed by atoms with van der Waals surface area (Å²) in [5.74, 6) is 1.35. The molecule has 1 aromatic heterocycles. The lowest BCUT2D eigenvalue weighted by Gasteiger charge is -2.34. The predicted octanol–water partition coefficient (Wildman–Crippen LogP) is 8.79. The molecule has 178 valence electrons. The second kappa shape index (κ2) is 13.5. The van der Waals surface area contributed by atoms with Gasteiger partial charge in [0.1, 0.15) is 5.82 Å². The summed E-state index contributed by atoms with van der Waals surface area (Å²) in [4.78, 5) is 9.48. The second-order valence-electron chi connectivity index (χ2n) is 10.2. The number of hydrogen-bond donors (Lipinski definition) is 0. The third-order valence-corrected chi connectivity index (χ3v) is 7.58. The lowest BCUT2D eigenvalue weighted by molar-refractivity contribution is 0.220. The van der Waals surface area contributed by atoms with Gasteiger partial charge in [0.05, 0.1) is 11.5 Å². The van der Waals surface area contributed by atoms with Crippen LogP contribution in [0.4, 0.5) is 0 Å². The third-order valence-electron chi connectivity index (χ3n) is 7.58. The first-order valence-electron chi connectivity index (χ1n) is 13.5. The SMILES string of the molecule is CCCCCCCCc1ccc(-c2cnc([C@H]3CC[C@@](C#N)(CCCCC)CC3)nc2)cc1. The fourth-order valence-corrected chi connectivity index (χ4v) is 5.23. The van der Waals surface area contributed by atoms with Crippen molar-refractivity contribution >= 4 is 0 Å². The first-order valence-corrected chi connectivity index (χ1v) is 13.5. The Morgan fingerprint density at radius 3 is 2.06 bits per heavy atom. The number of nitriles is 1. The minimum atomic E-state index is -0.108. The van der Waals surface area contributed by atoms with Crippen molar-refractivity contribution in [2.45, 2.75) is 116 Å². The summed E-state index contributed by atoms with van der Waals surface area (Å²) in [6.07, 6.45) is 21.9. The molecule has 2 aromatic rings. The Balaban J connectivity index is 1.49. The Labute approximate surface area is 202 Å². The Bertz CT molecular complexity index is 840. The van der Waals surface area contributed by atoms with E-state index < -0.39 is 0 Å². The molecule has 0 amide bonds. The molecule has 3 rings (SSSR count). The maximum Gasteiger partial charge on any atom is 0.131 e. The van der Waals surface area contributed by atoms with Crippen LogP contribution in [-0.4, -0.2) is 9.97 Å². The highest BCUT2D eigenvalue weighted by Crippen LogP contribution is 2.45. The first-order chi connectivity index (χ1) is 16.2. The Kier molecular flexibility index (Phi) is 10.4. The lowest BCUT2D eigenvalue weighted by atomic mass is 9.68. The number of benzene rings is 1. The van der Waals surface area contributed by atoms with Gasteiger partial charge in [0.2, 0.25) is 0 Å². The number of rotatable bonds is 13. The van der Waals surface area contributed by atoms with Crippen LogP contribution in [-0.2, 0) is 6.42 Å². The van der Waals surface area contributed by atoms with Crippen LogP contribution in [0.3, 0.4) is 0 Å². The second-order valence-corrected chi connectivity index (χ2v) is 10.2. The molecule has 1 fully saturated rings. The smallest absolute Gasteiger partial charge is 0.131 e. The van der Waals surface area contributed by atoms with E-state index >= 15 is 0 Å². The minimum absolute atomic E-state index is 0.108. The van der Waals surface area contributed by atoms with Crippen molar-refractivity contribution in [2.24, 2.45) is 5.41 Å². The Morgan fingerprint density at radius 2 is 1.42 bits per heavy atom. The molecule has 1 heterocycles. The summed E-state index contributed by atoms with van der Waals surface area (Å²) >= 11 is 0. The molecular formula is C30H43N3. The lowest BCUT2D eigenvalue weighted by Crippen LogP contribution is -2.26. The summed E-state index contributed by atoms with van der Waals surface area (Å²) < 4.78 is 0. The van der Waals surface area contributed by atoms with Gasteiger partial charge in [-0.1, -0.05) is 89.5 Å². The van der Waals surface area contributed by atoms with E-state index in [0.717, 1.165) is 43.5 Å². The molecule has 1 aliphatic rings. The molecule has 0 spiro atoms. The first kappa shape index (κ1) is 25.4. The number of hydrogen-bond acceptors (Lipinski definition) is 3. The van der Waals surface area contributed by atoms with Crippen LogP contribution in [0.5, 0.6) is 0 Å². The molecule has 3 nitrogen and oxygen atoms in total. The normalized spacial score (nSPS) is 20.5. The standard InChI is InChI=1S/C30H43N3/c1-3-5-7-8-9-10-12-25-13-15-26(16-14-25)28-22-32-29(33-23-28)27-17-20-30(24-31,21-18-27)19-11-6-4-2/h13-16,22-23,27H,3-12,17-21H2,1-2H3/t27-,30-. The Morgan fingerprint density at radius 1 is 0.818 bits per heavy atom. The van der Waals surface area contributed by atoms with Crippen molar-refractivity contribution < 1.29 is 0 Å². The van der Waals surface area contributed by atoms with Crippen LogP contribution in [0.25, 0.3) is 11.1 Å². The van der Waals surface area contributed by atoms with E-state index in [2.05, 4.69) is 44.2 Å². The van der Waals surface area contributed by atoms with Crippen molar-refractivity contribution in [3.8, 4) is 17.2 Å². The van der Waals surface area contributed by atoms with Gasteiger partial charge < -0.3 is 0 Å². The van der Waals surface area contributed by atoms with E-state index in [9.17, 15) is 5.26 Å². The highest BCUT2D eigenvalue weighted by atomic mass is 14.9. The van der Waals surface area contributed by atoms with E-state index in [1.807, 2.05) is 12.4 Å². The van der Waals surface area contributed by atoms with Gasteiger partial charge in [-0.25, -0.2) is 9.97 Å². The number of unbranched alkanes of at least 4 members (excludes halogenated alkanes) is 7. The van der Waals surface area contributed by atoms with Gasteiger partial charge >= 0.3 is 0 Å². The summed E-state index contributed by atoms with van der Waals surface area (Å²) in [5, 5.41) is 9.79. The molecule has 1 aliphatic carbocycles. The Hall–Kier alpha value is -2.21. The fourth-order valence-electron chi connectivity index (χ4n) is 5.23.